The van der Waals surface area contributed by atoms with Gasteiger partial charge in [-0.3, -0.25) is 9.36 Å². The SMILES string of the molecule is O=C1Cc2cc(-n3c(C4CC4)nc4ccc(C(F)(F)F)nc43)ccc2N1. The van der Waals surface area contributed by atoms with E-state index in [4.69, 9.17) is 0 Å². The second kappa shape index (κ2) is 5.06. The maximum atomic E-state index is 13.1. The number of aromatic nitrogens is 3. The topological polar surface area (TPSA) is 59.8 Å². The van der Waals surface area contributed by atoms with E-state index in [0.29, 0.717) is 11.2 Å². The van der Waals surface area contributed by atoms with E-state index in [0.717, 1.165) is 36.0 Å². The fraction of sp³-hybridized carbons (Fsp3) is 0.278. The lowest BCUT2D eigenvalue weighted by atomic mass is 10.1. The summed E-state index contributed by atoms with van der Waals surface area (Å²) in [5.41, 5.74) is 1.93. The predicted molar refractivity (Wildman–Crippen MR) is 88.2 cm³/mol. The summed E-state index contributed by atoms with van der Waals surface area (Å²) in [7, 11) is 0. The average molecular weight is 358 g/mol. The fourth-order valence-corrected chi connectivity index (χ4v) is 3.36. The number of fused-ring (bicyclic) bond motifs is 2. The summed E-state index contributed by atoms with van der Waals surface area (Å²) in [5.74, 6) is 0.864. The summed E-state index contributed by atoms with van der Waals surface area (Å²) in [5, 5.41) is 2.76. The van der Waals surface area contributed by atoms with Crippen molar-refractivity contribution in [2.45, 2.75) is 31.4 Å². The molecule has 0 unspecified atom stereocenters. The molecule has 3 aromatic rings. The molecule has 0 atom stereocenters. The largest absolute Gasteiger partial charge is 0.433 e. The van der Waals surface area contributed by atoms with Crippen LogP contribution in [0.3, 0.4) is 0 Å². The van der Waals surface area contributed by atoms with Gasteiger partial charge in [-0.1, -0.05) is 0 Å². The number of pyridine rings is 1. The van der Waals surface area contributed by atoms with Crippen LogP contribution in [0.4, 0.5) is 18.9 Å². The summed E-state index contributed by atoms with van der Waals surface area (Å²) in [6, 6.07) is 7.70. The number of hydrogen-bond acceptors (Lipinski definition) is 3. The number of halogens is 3. The highest BCUT2D eigenvalue weighted by Gasteiger charge is 2.35. The lowest BCUT2D eigenvalue weighted by Gasteiger charge is -2.11. The number of nitrogens with one attached hydrogen (secondary N) is 1. The van der Waals surface area contributed by atoms with Crippen LogP contribution >= 0.6 is 0 Å². The second-order valence-electron chi connectivity index (χ2n) is 6.68. The number of carbonyl (C=O) groups excluding carboxylic acids is 1. The highest BCUT2D eigenvalue weighted by atomic mass is 19.4. The van der Waals surface area contributed by atoms with Crippen molar-refractivity contribution in [2.24, 2.45) is 0 Å². The maximum absolute atomic E-state index is 13.1. The average Bonchev–Trinajstić information content (AvgIpc) is 3.25. The van der Waals surface area contributed by atoms with Crippen LogP contribution in [0.15, 0.2) is 30.3 Å². The number of carbonyl (C=O) groups is 1. The third-order valence-electron chi connectivity index (χ3n) is 4.74. The predicted octanol–water partition coefficient (Wildman–Crippen LogP) is 3.81. The summed E-state index contributed by atoms with van der Waals surface area (Å²) in [6.45, 7) is 0. The quantitative estimate of drug-likeness (QED) is 0.758. The Kier molecular flexibility index (Phi) is 2.99. The van der Waals surface area contributed by atoms with Gasteiger partial charge in [0.05, 0.1) is 6.42 Å². The molecule has 1 saturated carbocycles. The molecule has 8 heteroatoms. The van der Waals surface area contributed by atoms with Crippen LogP contribution in [0.25, 0.3) is 16.9 Å². The molecule has 0 bridgehead atoms. The standard InChI is InChI=1S/C18H13F3N4O/c19-18(20,21)14-6-5-13-17(24-14)25(16(23-13)9-1-2-9)11-3-4-12-10(7-11)8-15(26)22-12/h3-7,9H,1-2,8H2,(H,22,26). The van der Waals surface area contributed by atoms with Gasteiger partial charge in [0.15, 0.2) is 5.65 Å². The molecule has 1 aliphatic heterocycles. The third kappa shape index (κ3) is 2.36. The molecule has 132 valence electrons. The Morgan fingerprint density at radius 1 is 1.12 bits per heavy atom. The van der Waals surface area contributed by atoms with Gasteiger partial charge in [0.1, 0.15) is 17.0 Å². The first-order valence-electron chi connectivity index (χ1n) is 8.30. The molecule has 5 rings (SSSR count). The summed E-state index contributed by atoms with van der Waals surface area (Å²) < 4.78 is 41.0. The van der Waals surface area contributed by atoms with Crippen LogP contribution in [0.5, 0.6) is 0 Å². The lowest BCUT2D eigenvalue weighted by Crippen LogP contribution is -2.09. The molecule has 1 aliphatic carbocycles. The van der Waals surface area contributed by atoms with Gasteiger partial charge in [-0.25, -0.2) is 9.97 Å². The minimum absolute atomic E-state index is 0.0902. The normalized spacial score (nSPS) is 16.8. The van der Waals surface area contributed by atoms with Gasteiger partial charge in [0.2, 0.25) is 5.91 Å². The van der Waals surface area contributed by atoms with Crippen LogP contribution in [-0.2, 0) is 17.4 Å². The highest BCUT2D eigenvalue weighted by Crippen LogP contribution is 2.42. The number of benzene rings is 1. The molecule has 2 aromatic heterocycles. The number of hydrogen-bond donors (Lipinski definition) is 1. The summed E-state index contributed by atoms with van der Waals surface area (Å²) in [4.78, 5) is 20.0. The van der Waals surface area contributed by atoms with Crippen LogP contribution in [0.1, 0.15) is 35.8 Å². The minimum Gasteiger partial charge on any atom is -0.326 e. The van der Waals surface area contributed by atoms with Crippen LogP contribution in [0, 0.1) is 0 Å². The molecule has 3 heterocycles. The monoisotopic (exact) mass is 358 g/mol. The van der Waals surface area contributed by atoms with Crippen molar-refractivity contribution >= 4 is 22.8 Å². The van der Waals surface area contributed by atoms with E-state index in [-0.39, 0.29) is 23.9 Å². The van der Waals surface area contributed by atoms with Gasteiger partial charge >= 0.3 is 6.18 Å². The van der Waals surface area contributed by atoms with Crippen molar-refractivity contribution in [3.63, 3.8) is 0 Å². The molecule has 0 saturated heterocycles. The zero-order valence-electron chi connectivity index (χ0n) is 13.5. The molecule has 26 heavy (non-hydrogen) atoms. The Balaban J connectivity index is 1.74. The molecule has 1 aromatic carbocycles. The van der Waals surface area contributed by atoms with E-state index < -0.39 is 11.9 Å². The van der Waals surface area contributed by atoms with E-state index in [2.05, 4.69) is 15.3 Å². The summed E-state index contributed by atoms with van der Waals surface area (Å²) >= 11 is 0. The Bertz CT molecular complexity index is 1070. The van der Waals surface area contributed by atoms with Gasteiger partial charge in [0, 0.05) is 17.3 Å². The van der Waals surface area contributed by atoms with Crippen LogP contribution in [-0.4, -0.2) is 20.4 Å². The van der Waals surface area contributed by atoms with Gasteiger partial charge in [0.25, 0.3) is 0 Å². The number of alkyl halides is 3. The number of anilines is 1. The molecular formula is C18H13F3N4O. The smallest absolute Gasteiger partial charge is 0.326 e. The molecule has 1 fully saturated rings. The first-order valence-corrected chi connectivity index (χ1v) is 8.30. The number of nitrogens with zero attached hydrogens (tertiary/aromatic N) is 3. The second-order valence-corrected chi connectivity index (χ2v) is 6.68. The van der Waals surface area contributed by atoms with Gasteiger partial charge < -0.3 is 5.32 Å². The molecule has 5 nitrogen and oxygen atoms in total. The number of imidazole rings is 1. The van der Waals surface area contributed by atoms with Crippen LogP contribution in [0.2, 0.25) is 0 Å². The Morgan fingerprint density at radius 2 is 1.92 bits per heavy atom. The summed E-state index contributed by atoms with van der Waals surface area (Å²) in [6.07, 6.45) is -2.34. The molecule has 0 radical (unpaired) electrons. The van der Waals surface area contributed by atoms with E-state index in [1.165, 1.54) is 6.07 Å². The van der Waals surface area contributed by atoms with Gasteiger partial charge in [-0.2, -0.15) is 13.2 Å². The van der Waals surface area contributed by atoms with Gasteiger partial charge in [-0.15, -0.1) is 0 Å². The molecule has 0 spiro atoms. The Hall–Kier alpha value is -2.90. The fourth-order valence-electron chi connectivity index (χ4n) is 3.36. The van der Waals surface area contributed by atoms with Crippen molar-refractivity contribution in [1.29, 1.82) is 0 Å². The molecule has 1 N–H and O–H groups in total. The van der Waals surface area contributed by atoms with Crippen molar-refractivity contribution in [2.75, 3.05) is 5.32 Å². The minimum atomic E-state index is -4.52. The maximum Gasteiger partial charge on any atom is 0.433 e. The molecular weight excluding hydrogens is 345 g/mol. The van der Waals surface area contributed by atoms with Crippen molar-refractivity contribution in [3.8, 4) is 5.69 Å². The van der Waals surface area contributed by atoms with Gasteiger partial charge in [-0.05, 0) is 48.7 Å². The first-order chi connectivity index (χ1) is 12.4. The Morgan fingerprint density at radius 3 is 2.65 bits per heavy atom. The van der Waals surface area contributed by atoms with Crippen molar-refractivity contribution in [3.05, 3.63) is 47.4 Å². The molecule has 1 amide bonds. The lowest BCUT2D eigenvalue weighted by molar-refractivity contribution is -0.141. The Labute approximate surface area is 145 Å². The molecule has 2 aliphatic rings. The number of rotatable bonds is 2. The van der Waals surface area contributed by atoms with E-state index in [1.807, 2.05) is 6.07 Å². The van der Waals surface area contributed by atoms with Crippen molar-refractivity contribution in [1.82, 2.24) is 14.5 Å². The van der Waals surface area contributed by atoms with Crippen molar-refractivity contribution < 1.29 is 18.0 Å². The third-order valence-corrected chi connectivity index (χ3v) is 4.74. The van der Waals surface area contributed by atoms with Crippen LogP contribution < -0.4 is 5.32 Å². The van der Waals surface area contributed by atoms with E-state index in [1.54, 1.807) is 16.7 Å². The zero-order chi connectivity index (χ0) is 18.1. The number of amides is 1. The first kappa shape index (κ1) is 15.4. The highest BCUT2D eigenvalue weighted by molar-refractivity contribution is 5.99. The van der Waals surface area contributed by atoms with E-state index in [9.17, 15) is 18.0 Å². The zero-order valence-corrected chi connectivity index (χ0v) is 13.5. The van der Waals surface area contributed by atoms with E-state index >= 15 is 0 Å².